The van der Waals surface area contributed by atoms with Crippen LogP contribution in [0.25, 0.3) is 5.65 Å². The van der Waals surface area contributed by atoms with E-state index < -0.39 is 0 Å². The minimum atomic E-state index is -0.231. The molecule has 0 spiro atoms. The number of thioether (sulfide) groups is 2. The Morgan fingerprint density at radius 2 is 1.64 bits per heavy atom. The quantitative estimate of drug-likeness (QED) is 0.255. The van der Waals surface area contributed by atoms with Crippen molar-refractivity contribution in [2.24, 2.45) is 5.92 Å². The number of rotatable bonds is 10. The zero-order valence-electron chi connectivity index (χ0n) is 20.6. The predicted molar refractivity (Wildman–Crippen MR) is 142 cm³/mol. The molecule has 0 saturated carbocycles. The Labute approximate surface area is 220 Å². The molecule has 0 amide bonds. The lowest BCUT2D eigenvalue weighted by molar-refractivity contribution is -0.0733. The highest BCUT2D eigenvalue weighted by molar-refractivity contribution is 7.99. The minimum Gasteiger partial charge on any atom is -0.374 e. The highest BCUT2D eigenvalue weighted by Gasteiger charge is 2.45. The van der Waals surface area contributed by atoms with Gasteiger partial charge in [-0.3, -0.25) is 0 Å². The van der Waals surface area contributed by atoms with Gasteiger partial charge in [0.1, 0.15) is 17.2 Å². The number of nitrogens with zero attached hydrogens (tertiary/aromatic N) is 4. The van der Waals surface area contributed by atoms with Crippen molar-refractivity contribution in [3.63, 3.8) is 0 Å². The van der Waals surface area contributed by atoms with Crippen LogP contribution in [0.15, 0.2) is 77.0 Å². The summed E-state index contributed by atoms with van der Waals surface area (Å²) in [4.78, 5) is 9.25. The van der Waals surface area contributed by atoms with E-state index in [9.17, 15) is 0 Å². The molecule has 2 aromatic heterocycles. The van der Waals surface area contributed by atoms with Gasteiger partial charge in [-0.15, -0.1) is 16.9 Å². The Balaban J connectivity index is 1.39. The molecule has 188 valence electrons. The number of fused-ring (bicyclic) bond motifs is 1. The van der Waals surface area contributed by atoms with Gasteiger partial charge >= 0.3 is 0 Å². The first-order valence-corrected chi connectivity index (χ1v) is 14.4. The lowest BCUT2D eigenvalue weighted by Gasteiger charge is -2.22. The van der Waals surface area contributed by atoms with Gasteiger partial charge < -0.3 is 14.2 Å². The Hall–Kier alpha value is -2.43. The lowest BCUT2D eigenvalue weighted by Crippen LogP contribution is -2.32. The van der Waals surface area contributed by atoms with Gasteiger partial charge in [0, 0.05) is 5.92 Å². The summed E-state index contributed by atoms with van der Waals surface area (Å²) in [7, 11) is 0. The molecule has 0 aliphatic carbocycles. The third-order valence-corrected chi connectivity index (χ3v) is 7.57. The molecule has 0 radical (unpaired) electrons. The summed E-state index contributed by atoms with van der Waals surface area (Å²) < 4.78 is 21.1. The average molecular weight is 523 g/mol. The third-order valence-electron chi connectivity index (χ3n) is 6.37. The smallest absolute Gasteiger partial charge is 0.208 e. The maximum Gasteiger partial charge on any atom is 0.208 e. The van der Waals surface area contributed by atoms with Crippen LogP contribution in [0.1, 0.15) is 29.8 Å². The monoisotopic (exact) mass is 522 g/mol. The van der Waals surface area contributed by atoms with Crippen LogP contribution in [-0.4, -0.2) is 50.9 Å². The third kappa shape index (κ3) is 5.45. The van der Waals surface area contributed by atoms with E-state index in [-0.39, 0.29) is 24.2 Å². The highest BCUT2D eigenvalue weighted by atomic mass is 32.2. The van der Waals surface area contributed by atoms with E-state index >= 15 is 0 Å². The molecule has 0 bridgehead atoms. The van der Waals surface area contributed by atoms with Crippen LogP contribution in [0, 0.1) is 5.92 Å². The molecule has 3 heterocycles. The van der Waals surface area contributed by atoms with Crippen LogP contribution >= 0.6 is 23.5 Å². The van der Waals surface area contributed by atoms with Gasteiger partial charge in [-0.25, -0.2) is 14.5 Å². The van der Waals surface area contributed by atoms with E-state index in [0.717, 1.165) is 27.5 Å². The number of aromatic nitrogens is 4. The van der Waals surface area contributed by atoms with E-state index in [4.69, 9.17) is 19.3 Å². The van der Waals surface area contributed by atoms with Crippen molar-refractivity contribution < 1.29 is 14.2 Å². The first-order chi connectivity index (χ1) is 17.7. The first-order valence-electron chi connectivity index (χ1n) is 11.9. The minimum absolute atomic E-state index is 0.0735. The molecule has 1 fully saturated rings. The van der Waals surface area contributed by atoms with E-state index in [0.29, 0.717) is 25.0 Å². The zero-order chi connectivity index (χ0) is 24.9. The Morgan fingerprint density at radius 3 is 2.31 bits per heavy atom. The van der Waals surface area contributed by atoms with Crippen LogP contribution in [-0.2, 0) is 27.4 Å². The van der Waals surface area contributed by atoms with Gasteiger partial charge in [0.15, 0.2) is 5.65 Å². The lowest BCUT2D eigenvalue weighted by atomic mass is 9.96. The molecule has 36 heavy (non-hydrogen) atoms. The van der Waals surface area contributed by atoms with E-state index in [1.165, 1.54) is 11.8 Å². The molecular weight excluding hydrogens is 492 g/mol. The van der Waals surface area contributed by atoms with Crippen LogP contribution in [0.4, 0.5) is 0 Å². The average Bonchev–Trinajstić information content (AvgIpc) is 3.48. The molecule has 9 heteroatoms. The van der Waals surface area contributed by atoms with Crippen molar-refractivity contribution in [1.29, 1.82) is 0 Å². The molecule has 0 unspecified atom stereocenters. The second-order valence-corrected chi connectivity index (χ2v) is 10.3. The van der Waals surface area contributed by atoms with Crippen LogP contribution < -0.4 is 0 Å². The first kappa shape index (κ1) is 25.2. The fraction of sp³-hybridized carbons (Fsp3) is 0.370. The van der Waals surface area contributed by atoms with Crippen molar-refractivity contribution in [3.05, 3.63) is 83.7 Å². The van der Waals surface area contributed by atoms with Gasteiger partial charge in [-0.1, -0.05) is 79.3 Å². The van der Waals surface area contributed by atoms with Gasteiger partial charge in [0.05, 0.1) is 37.8 Å². The molecule has 2 aromatic carbocycles. The zero-order valence-corrected chi connectivity index (χ0v) is 22.2. The summed E-state index contributed by atoms with van der Waals surface area (Å²) in [5, 5.41) is 6.29. The molecule has 0 N–H and O–H groups in total. The van der Waals surface area contributed by atoms with E-state index in [1.807, 2.05) is 59.6 Å². The summed E-state index contributed by atoms with van der Waals surface area (Å²) in [6.45, 7) is 3.65. The topological polar surface area (TPSA) is 70.8 Å². The maximum atomic E-state index is 6.63. The molecular formula is C27H30N4O3S2. The summed E-state index contributed by atoms with van der Waals surface area (Å²) in [5.74, 6) is 0.0735. The van der Waals surface area contributed by atoms with Crippen molar-refractivity contribution in [2.45, 2.75) is 48.6 Å². The number of benzene rings is 2. The van der Waals surface area contributed by atoms with Crippen molar-refractivity contribution in [1.82, 2.24) is 19.6 Å². The van der Waals surface area contributed by atoms with Crippen LogP contribution in [0.2, 0.25) is 0 Å². The summed E-state index contributed by atoms with van der Waals surface area (Å²) in [5.41, 5.74) is 3.92. The molecule has 1 aliphatic rings. The normalized spacial score (nSPS) is 21.9. The molecule has 4 atom stereocenters. The SMILES string of the molecule is CSc1nc(SC)c2ncc([C@@H]3O[C@H](COCc4ccccc4)[C@@H](OCc4ccccc4)[C@H]3C)n2n1. The van der Waals surface area contributed by atoms with Crippen LogP contribution in [0.3, 0.4) is 0 Å². The maximum absolute atomic E-state index is 6.63. The molecule has 7 nitrogen and oxygen atoms in total. The Kier molecular flexibility index (Phi) is 8.23. The number of ether oxygens (including phenoxy) is 3. The van der Waals surface area contributed by atoms with E-state index in [2.05, 4.69) is 41.2 Å². The number of hydrogen-bond acceptors (Lipinski definition) is 8. The van der Waals surface area contributed by atoms with E-state index in [1.54, 1.807) is 11.8 Å². The number of hydrogen-bond donors (Lipinski definition) is 0. The summed E-state index contributed by atoms with van der Waals surface area (Å²) in [6, 6.07) is 20.4. The molecule has 1 aliphatic heterocycles. The van der Waals surface area contributed by atoms with Gasteiger partial charge in [0.2, 0.25) is 5.16 Å². The van der Waals surface area contributed by atoms with Gasteiger partial charge in [0.25, 0.3) is 0 Å². The fourth-order valence-electron chi connectivity index (χ4n) is 4.54. The Bertz CT molecular complexity index is 1270. The standard InChI is InChI=1S/C27H30N4O3S2/c1-18-23(21-14-28-25-26(35-2)29-27(36-3)30-31(21)25)34-22(17-32-15-19-10-6-4-7-11-19)24(18)33-16-20-12-8-5-9-13-20/h4-14,18,22-24H,15-17H2,1-3H3/t18-,22+,23+,24-/m0/s1. The van der Waals surface area contributed by atoms with Gasteiger partial charge in [-0.05, 0) is 23.6 Å². The van der Waals surface area contributed by atoms with Crippen LogP contribution in [0.5, 0.6) is 0 Å². The Morgan fingerprint density at radius 1 is 0.944 bits per heavy atom. The summed E-state index contributed by atoms with van der Waals surface area (Å²) >= 11 is 3.08. The van der Waals surface area contributed by atoms with Gasteiger partial charge in [-0.2, -0.15) is 0 Å². The van der Waals surface area contributed by atoms with Crippen molar-refractivity contribution >= 4 is 29.2 Å². The fourth-order valence-corrected chi connectivity index (χ4v) is 5.44. The second kappa shape index (κ2) is 11.7. The second-order valence-electron chi connectivity index (χ2n) is 8.74. The molecule has 4 aromatic rings. The largest absolute Gasteiger partial charge is 0.374 e. The van der Waals surface area contributed by atoms with Crippen molar-refractivity contribution in [3.8, 4) is 0 Å². The summed E-state index contributed by atoms with van der Waals surface area (Å²) in [6.07, 6.45) is 5.25. The molecule has 5 rings (SSSR count). The highest BCUT2D eigenvalue weighted by Crippen LogP contribution is 2.41. The van der Waals surface area contributed by atoms with Crippen molar-refractivity contribution in [2.75, 3.05) is 19.1 Å². The number of imidazole rings is 1. The molecule has 1 saturated heterocycles. The predicted octanol–water partition coefficient (Wildman–Crippen LogP) is 5.45.